The Bertz CT molecular complexity index is 244. The highest BCUT2D eigenvalue weighted by Crippen LogP contribution is 2.14. The highest BCUT2D eigenvalue weighted by molar-refractivity contribution is 6.30. The first-order valence-electron chi connectivity index (χ1n) is 4.39. The van der Waals surface area contributed by atoms with E-state index < -0.39 is 0 Å². The lowest BCUT2D eigenvalue weighted by Crippen LogP contribution is -2.22. The van der Waals surface area contributed by atoms with Crippen LogP contribution in [0.4, 0.5) is 5.69 Å². The van der Waals surface area contributed by atoms with Crippen molar-refractivity contribution >= 4 is 17.3 Å². The van der Waals surface area contributed by atoms with Crippen LogP contribution in [0.5, 0.6) is 0 Å². The summed E-state index contributed by atoms with van der Waals surface area (Å²) in [5.41, 5.74) is 0.991. The van der Waals surface area contributed by atoms with Gasteiger partial charge in [-0.25, -0.2) is 0 Å². The minimum Gasteiger partial charge on any atom is -0.394 e. The molecule has 1 aromatic carbocycles. The molecule has 0 aromatic heterocycles. The molecule has 0 saturated carbocycles. The minimum absolute atomic E-state index is 0.126. The Balaban J connectivity index is 2.58. The van der Waals surface area contributed by atoms with E-state index in [0.717, 1.165) is 17.1 Å². The standard InChI is InChI=1S/C10H14ClNO/c1-2-9(7-13)12-10-5-3-8(11)4-6-10/h3-6,9,12-13H,2,7H2,1H3. The Kier molecular flexibility index (Phi) is 4.06. The maximum Gasteiger partial charge on any atom is 0.0632 e. The highest BCUT2D eigenvalue weighted by Gasteiger charge is 2.02. The van der Waals surface area contributed by atoms with Gasteiger partial charge in [0.25, 0.3) is 0 Å². The summed E-state index contributed by atoms with van der Waals surface area (Å²) in [6.45, 7) is 2.18. The predicted molar refractivity (Wildman–Crippen MR) is 56.2 cm³/mol. The summed E-state index contributed by atoms with van der Waals surface area (Å²) in [4.78, 5) is 0. The van der Waals surface area contributed by atoms with Crippen LogP contribution >= 0.6 is 11.6 Å². The van der Waals surface area contributed by atoms with Gasteiger partial charge in [-0.1, -0.05) is 18.5 Å². The van der Waals surface area contributed by atoms with Crippen LogP contribution in [-0.2, 0) is 0 Å². The number of hydrogen-bond acceptors (Lipinski definition) is 2. The van der Waals surface area contributed by atoms with E-state index in [4.69, 9.17) is 16.7 Å². The average molecular weight is 200 g/mol. The zero-order valence-corrected chi connectivity index (χ0v) is 8.38. The van der Waals surface area contributed by atoms with Crippen molar-refractivity contribution in [2.75, 3.05) is 11.9 Å². The predicted octanol–water partition coefficient (Wildman–Crippen LogP) is 2.52. The van der Waals surface area contributed by atoms with E-state index in [1.807, 2.05) is 31.2 Å². The third-order valence-corrected chi connectivity index (χ3v) is 2.18. The molecule has 1 atom stereocenters. The average Bonchev–Trinajstić information content (AvgIpc) is 2.17. The molecule has 0 bridgehead atoms. The summed E-state index contributed by atoms with van der Waals surface area (Å²) in [5, 5.41) is 12.9. The monoisotopic (exact) mass is 199 g/mol. The van der Waals surface area contributed by atoms with Crippen LogP contribution in [0.1, 0.15) is 13.3 Å². The quantitative estimate of drug-likeness (QED) is 0.781. The molecule has 3 heteroatoms. The lowest BCUT2D eigenvalue weighted by molar-refractivity contribution is 0.272. The third-order valence-electron chi connectivity index (χ3n) is 1.93. The van der Waals surface area contributed by atoms with Crippen molar-refractivity contribution in [2.24, 2.45) is 0 Å². The smallest absolute Gasteiger partial charge is 0.0632 e. The number of anilines is 1. The summed E-state index contributed by atoms with van der Waals surface area (Å²) in [6, 6.07) is 7.59. The maximum atomic E-state index is 8.95. The number of aliphatic hydroxyl groups is 1. The molecule has 1 aromatic rings. The van der Waals surface area contributed by atoms with Crippen molar-refractivity contribution in [3.8, 4) is 0 Å². The zero-order valence-electron chi connectivity index (χ0n) is 7.63. The number of rotatable bonds is 4. The third kappa shape index (κ3) is 3.25. The molecular formula is C10H14ClNO. The fourth-order valence-electron chi connectivity index (χ4n) is 1.06. The van der Waals surface area contributed by atoms with Gasteiger partial charge in [-0.05, 0) is 30.7 Å². The van der Waals surface area contributed by atoms with Crippen molar-refractivity contribution in [1.29, 1.82) is 0 Å². The number of benzene rings is 1. The van der Waals surface area contributed by atoms with Gasteiger partial charge in [0, 0.05) is 16.8 Å². The Morgan fingerprint density at radius 1 is 1.38 bits per heavy atom. The number of nitrogens with one attached hydrogen (secondary N) is 1. The van der Waals surface area contributed by atoms with Gasteiger partial charge >= 0.3 is 0 Å². The molecular weight excluding hydrogens is 186 g/mol. The van der Waals surface area contributed by atoms with Crippen LogP contribution in [-0.4, -0.2) is 17.8 Å². The van der Waals surface area contributed by atoms with E-state index in [1.54, 1.807) is 0 Å². The van der Waals surface area contributed by atoms with Gasteiger partial charge in [0.15, 0.2) is 0 Å². The van der Waals surface area contributed by atoms with E-state index in [0.29, 0.717) is 0 Å². The normalized spacial score (nSPS) is 12.5. The molecule has 0 amide bonds. The second-order valence-electron chi connectivity index (χ2n) is 2.94. The molecule has 0 heterocycles. The van der Waals surface area contributed by atoms with Gasteiger partial charge in [-0.2, -0.15) is 0 Å². The lowest BCUT2D eigenvalue weighted by atomic mass is 10.2. The van der Waals surface area contributed by atoms with Crippen LogP contribution in [0.25, 0.3) is 0 Å². The molecule has 0 aliphatic rings. The second-order valence-corrected chi connectivity index (χ2v) is 3.38. The molecule has 13 heavy (non-hydrogen) atoms. The Morgan fingerprint density at radius 3 is 2.46 bits per heavy atom. The van der Waals surface area contributed by atoms with Gasteiger partial charge < -0.3 is 10.4 Å². The number of hydrogen-bond donors (Lipinski definition) is 2. The molecule has 1 rings (SSSR count). The number of aliphatic hydroxyl groups excluding tert-OH is 1. The van der Waals surface area contributed by atoms with Gasteiger partial charge in [0.2, 0.25) is 0 Å². The van der Waals surface area contributed by atoms with Crippen molar-refractivity contribution in [3.63, 3.8) is 0 Å². The molecule has 0 fully saturated rings. The van der Waals surface area contributed by atoms with E-state index in [-0.39, 0.29) is 12.6 Å². The summed E-state index contributed by atoms with van der Waals surface area (Å²) in [5.74, 6) is 0. The first-order chi connectivity index (χ1) is 6.26. The van der Waals surface area contributed by atoms with E-state index >= 15 is 0 Å². The molecule has 0 aliphatic heterocycles. The molecule has 0 spiro atoms. The molecule has 0 saturated heterocycles. The van der Waals surface area contributed by atoms with Crippen LogP contribution in [0.15, 0.2) is 24.3 Å². The first kappa shape index (κ1) is 10.4. The van der Waals surface area contributed by atoms with Crippen molar-refractivity contribution < 1.29 is 5.11 Å². The molecule has 72 valence electrons. The van der Waals surface area contributed by atoms with E-state index in [1.165, 1.54) is 0 Å². The van der Waals surface area contributed by atoms with Gasteiger partial charge in [-0.3, -0.25) is 0 Å². The summed E-state index contributed by atoms with van der Waals surface area (Å²) in [6.07, 6.45) is 0.902. The Labute approximate surface area is 83.5 Å². The molecule has 2 nitrogen and oxygen atoms in total. The van der Waals surface area contributed by atoms with Crippen LogP contribution in [0, 0.1) is 0 Å². The Hall–Kier alpha value is -0.730. The van der Waals surface area contributed by atoms with Gasteiger partial charge in [0.1, 0.15) is 0 Å². The molecule has 1 unspecified atom stereocenters. The summed E-state index contributed by atoms with van der Waals surface area (Å²) in [7, 11) is 0. The molecule has 0 radical (unpaired) electrons. The zero-order chi connectivity index (χ0) is 9.68. The molecule has 2 N–H and O–H groups in total. The maximum absolute atomic E-state index is 8.95. The van der Waals surface area contributed by atoms with E-state index in [9.17, 15) is 0 Å². The van der Waals surface area contributed by atoms with Crippen LogP contribution in [0.3, 0.4) is 0 Å². The summed E-state index contributed by atoms with van der Waals surface area (Å²) >= 11 is 5.74. The minimum atomic E-state index is 0.126. The summed E-state index contributed by atoms with van der Waals surface area (Å²) < 4.78 is 0. The fraction of sp³-hybridized carbons (Fsp3) is 0.400. The fourth-order valence-corrected chi connectivity index (χ4v) is 1.18. The van der Waals surface area contributed by atoms with Crippen LogP contribution < -0.4 is 5.32 Å². The van der Waals surface area contributed by atoms with Crippen LogP contribution in [0.2, 0.25) is 5.02 Å². The van der Waals surface area contributed by atoms with Gasteiger partial charge in [-0.15, -0.1) is 0 Å². The van der Waals surface area contributed by atoms with Crippen molar-refractivity contribution in [1.82, 2.24) is 0 Å². The van der Waals surface area contributed by atoms with Crippen molar-refractivity contribution in [3.05, 3.63) is 29.3 Å². The highest BCUT2D eigenvalue weighted by atomic mass is 35.5. The lowest BCUT2D eigenvalue weighted by Gasteiger charge is -2.15. The Morgan fingerprint density at radius 2 is 2.00 bits per heavy atom. The topological polar surface area (TPSA) is 32.3 Å². The number of halogens is 1. The second kappa shape index (κ2) is 5.10. The SMILES string of the molecule is CCC(CO)Nc1ccc(Cl)cc1. The van der Waals surface area contributed by atoms with Gasteiger partial charge in [0.05, 0.1) is 6.61 Å². The largest absolute Gasteiger partial charge is 0.394 e. The first-order valence-corrected chi connectivity index (χ1v) is 4.77. The van der Waals surface area contributed by atoms with Crippen molar-refractivity contribution in [2.45, 2.75) is 19.4 Å². The van der Waals surface area contributed by atoms with E-state index in [2.05, 4.69) is 5.32 Å². The molecule has 0 aliphatic carbocycles.